The Morgan fingerprint density at radius 3 is 2.81 bits per heavy atom. The Morgan fingerprint density at radius 2 is 2.03 bits per heavy atom. The predicted octanol–water partition coefficient (Wildman–Crippen LogP) is 4.71. The first-order chi connectivity index (χ1) is 15.6. The molecule has 2 aromatic carbocycles. The van der Waals surface area contributed by atoms with Gasteiger partial charge in [-0.25, -0.2) is 4.98 Å². The molecule has 0 spiro atoms. The molecule has 4 aromatic rings. The fourth-order valence-electron chi connectivity index (χ4n) is 3.78. The lowest BCUT2D eigenvalue weighted by Crippen LogP contribution is -2.29. The van der Waals surface area contributed by atoms with Gasteiger partial charge >= 0.3 is 0 Å². The fourth-order valence-corrected chi connectivity index (χ4v) is 4.70. The number of anilines is 1. The van der Waals surface area contributed by atoms with Gasteiger partial charge in [-0.2, -0.15) is 0 Å². The second-order valence-corrected chi connectivity index (χ2v) is 8.94. The maximum Gasteiger partial charge on any atom is 0.297 e. The Labute approximate surface area is 192 Å². The van der Waals surface area contributed by atoms with E-state index in [2.05, 4.69) is 5.32 Å². The van der Waals surface area contributed by atoms with Crippen molar-refractivity contribution in [2.75, 3.05) is 17.7 Å². The Bertz CT molecular complexity index is 1340. The van der Waals surface area contributed by atoms with E-state index >= 15 is 0 Å². The van der Waals surface area contributed by atoms with E-state index in [0.29, 0.717) is 40.1 Å². The molecule has 2 aromatic heterocycles. The van der Waals surface area contributed by atoms with Crippen LogP contribution >= 0.6 is 23.4 Å². The summed E-state index contributed by atoms with van der Waals surface area (Å²) in [6, 6.07) is 14.3. The number of aromatic nitrogens is 2. The Kier molecular flexibility index (Phi) is 5.91. The summed E-state index contributed by atoms with van der Waals surface area (Å²) in [6.45, 7) is 1.06. The molecule has 0 aliphatic carbocycles. The number of furan rings is 1. The molecule has 1 saturated heterocycles. The van der Waals surface area contributed by atoms with Crippen molar-refractivity contribution in [3.05, 3.63) is 63.9 Å². The quantitative estimate of drug-likeness (QED) is 0.325. The van der Waals surface area contributed by atoms with Crippen LogP contribution in [0.5, 0.6) is 0 Å². The van der Waals surface area contributed by atoms with Crippen molar-refractivity contribution in [1.82, 2.24) is 9.55 Å². The van der Waals surface area contributed by atoms with Gasteiger partial charge in [0.2, 0.25) is 11.5 Å². The van der Waals surface area contributed by atoms with Gasteiger partial charge in [0.1, 0.15) is 11.1 Å². The van der Waals surface area contributed by atoms with Gasteiger partial charge in [-0.05, 0) is 49.2 Å². The molecular formula is C23H20ClN3O4S. The average molecular weight is 470 g/mol. The van der Waals surface area contributed by atoms with E-state index in [1.54, 1.807) is 28.8 Å². The normalized spacial score (nSPS) is 16.1. The average Bonchev–Trinajstić information content (AvgIpc) is 3.44. The van der Waals surface area contributed by atoms with Crippen LogP contribution in [0.15, 0.2) is 62.9 Å². The second kappa shape index (κ2) is 8.97. The third kappa shape index (κ3) is 4.26. The number of carbonyl (C=O) groups is 1. The SMILES string of the molecule is O=C(CSc1nc2c(oc3ccccc32)c(=O)n1CC1CCCO1)Nc1ccc(Cl)cc1. The van der Waals surface area contributed by atoms with Gasteiger partial charge in [-0.1, -0.05) is 35.5 Å². The van der Waals surface area contributed by atoms with Gasteiger partial charge in [0.15, 0.2) is 5.16 Å². The lowest BCUT2D eigenvalue weighted by molar-refractivity contribution is -0.113. The molecule has 0 saturated carbocycles. The van der Waals surface area contributed by atoms with Crippen LogP contribution in [0.3, 0.4) is 0 Å². The Morgan fingerprint density at radius 1 is 1.22 bits per heavy atom. The molecule has 9 heteroatoms. The van der Waals surface area contributed by atoms with E-state index in [4.69, 9.17) is 25.7 Å². The van der Waals surface area contributed by atoms with Crippen LogP contribution in [0.1, 0.15) is 12.8 Å². The zero-order valence-electron chi connectivity index (χ0n) is 17.0. The summed E-state index contributed by atoms with van der Waals surface area (Å²) < 4.78 is 13.1. The first-order valence-electron chi connectivity index (χ1n) is 10.3. The number of thioether (sulfide) groups is 1. The van der Waals surface area contributed by atoms with E-state index < -0.39 is 0 Å². The lowest BCUT2D eigenvalue weighted by atomic mass is 10.2. The number of amides is 1. The Balaban J connectivity index is 1.46. The van der Waals surface area contributed by atoms with Crippen LogP contribution in [-0.2, 0) is 16.1 Å². The molecule has 1 atom stereocenters. The molecule has 7 nitrogen and oxygen atoms in total. The number of carbonyl (C=O) groups excluding carboxylic acids is 1. The highest BCUT2D eigenvalue weighted by molar-refractivity contribution is 7.99. The zero-order chi connectivity index (χ0) is 22.1. The molecule has 1 aliphatic rings. The molecule has 164 valence electrons. The predicted molar refractivity (Wildman–Crippen MR) is 126 cm³/mol. The molecular weight excluding hydrogens is 450 g/mol. The summed E-state index contributed by atoms with van der Waals surface area (Å²) in [6.07, 6.45) is 1.79. The number of ether oxygens (including phenoxy) is 1. The highest BCUT2D eigenvalue weighted by Crippen LogP contribution is 2.28. The number of halogens is 1. The van der Waals surface area contributed by atoms with Gasteiger partial charge in [-0.15, -0.1) is 0 Å². The number of hydrogen-bond donors (Lipinski definition) is 1. The van der Waals surface area contributed by atoms with Crippen LogP contribution in [0.25, 0.3) is 22.1 Å². The van der Waals surface area contributed by atoms with Crippen molar-refractivity contribution in [3.8, 4) is 0 Å². The standard InChI is InChI=1S/C23H20ClN3O4S/c24-14-7-9-15(10-8-14)25-19(28)13-32-23-26-20-17-5-1-2-6-18(17)31-21(20)22(29)27(23)12-16-4-3-11-30-16/h1-2,5-10,16H,3-4,11-13H2,(H,25,28). The van der Waals surface area contributed by atoms with Gasteiger partial charge in [0.25, 0.3) is 5.56 Å². The molecule has 5 rings (SSSR count). The van der Waals surface area contributed by atoms with Crippen molar-refractivity contribution >= 4 is 57.0 Å². The van der Waals surface area contributed by atoms with Gasteiger partial charge in [0.05, 0.1) is 18.4 Å². The molecule has 1 unspecified atom stereocenters. The number of para-hydroxylation sites is 1. The molecule has 1 fully saturated rings. The third-order valence-electron chi connectivity index (χ3n) is 5.32. The van der Waals surface area contributed by atoms with Crippen molar-refractivity contribution in [1.29, 1.82) is 0 Å². The van der Waals surface area contributed by atoms with Crippen LogP contribution in [-0.4, -0.2) is 33.9 Å². The van der Waals surface area contributed by atoms with Gasteiger partial charge < -0.3 is 14.5 Å². The molecule has 32 heavy (non-hydrogen) atoms. The molecule has 1 amide bonds. The van der Waals surface area contributed by atoms with E-state index in [9.17, 15) is 9.59 Å². The molecule has 0 bridgehead atoms. The largest absolute Gasteiger partial charge is 0.448 e. The molecule has 1 aliphatic heterocycles. The first-order valence-corrected chi connectivity index (χ1v) is 11.7. The molecule has 3 heterocycles. The monoisotopic (exact) mass is 469 g/mol. The summed E-state index contributed by atoms with van der Waals surface area (Å²) >= 11 is 7.11. The minimum atomic E-state index is -0.262. The first kappa shape index (κ1) is 21.1. The minimum absolute atomic E-state index is 0.0569. The van der Waals surface area contributed by atoms with Crippen LogP contribution in [0.2, 0.25) is 5.02 Å². The van der Waals surface area contributed by atoms with E-state index in [-0.39, 0.29) is 28.9 Å². The summed E-state index contributed by atoms with van der Waals surface area (Å²) in [5.74, 6) is -0.102. The van der Waals surface area contributed by atoms with Gasteiger partial charge in [0, 0.05) is 22.7 Å². The highest BCUT2D eigenvalue weighted by atomic mass is 35.5. The van der Waals surface area contributed by atoms with Crippen LogP contribution < -0.4 is 10.9 Å². The number of hydrogen-bond acceptors (Lipinski definition) is 6. The second-order valence-electron chi connectivity index (χ2n) is 7.56. The van der Waals surface area contributed by atoms with Crippen molar-refractivity contribution in [2.45, 2.75) is 30.6 Å². The number of nitrogens with one attached hydrogen (secondary N) is 1. The number of rotatable bonds is 6. The number of benzene rings is 2. The summed E-state index contributed by atoms with van der Waals surface area (Å²) in [5, 5.41) is 4.67. The highest BCUT2D eigenvalue weighted by Gasteiger charge is 2.23. The summed E-state index contributed by atoms with van der Waals surface area (Å²) in [4.78, 5) is 30.6. The summed E-state index contributed by atoms with van der Waals surface area (Å²) in [7, 11) is 0. The number of fused-ring (bicyclic) bond motifs is 3. The smallest absolute Gasteiger partial charge is 0.297 e. The Hall–Kier alpha value is -2.81. The maximum absolute atomic E-state index is 13.3. The van der Waals surface area contributed by atoms with Crippen molar-refractivity contribution in [3.63, 3.8) is 0 Å². The molecule has 0 radical (unpaired) electrons. The molecule has 1 N–H and O–H groups in total. The van der Waals surface area contributed by atoms with Crippen molar-refractivity contribution in [2.24, 2.45) is 0 Å². The minimum Gasteiger partial charge on any atom is -0.448 e. The van der Waals surface area contributed by atoms with E-state index in [0.717, 1.165) is 18.2 Å². The third-order valence-corrected chi connectivity index (χ3v) is 6.55. The number of nitrogens with zero attached hydrogens (tertiary/aromatic N) is 2. The fraction of sp³-hybridized carbons (Fsp3) is 0.261. The summed E-state index contributed by atoms with van der Waals surface area (Å²) in [5.41, 5.74) is 1.73. The van der Waals surface area contributed by atoms with Crippen LogP contribution in [0.4, 0.5) is 5.69 Å². The van der Waals surface area contributed by atoms with E-state index in [1.807, 2.05) is 24.3 Å². The van der Waals surface area contributed by atoms with E-state index in [1.165, 1.54) is 11.8 Å². The van der Waals surface area contributed by atoms with Crippen molar-refractivity contribution < 1.29 is 13.9 Å². The van der Waals surface area contributed by atoms with Gasteiger partial charge in [-0.3, -0.25) is 14.2 Å². The zero-order valence-corrected chi connectivity index (χ0v) is 18.6. The maximum atomic E-state index is 13.3. The van der Waals surface area contributed by atoms with Crippen LogP contribution in [0, 0.1) is 0 Å². The topological polar surface area (TPSA) is 86.4 Å². The lowest BCUT2D eigenvalue weighted by Gasteiger charge is -2.15.